The lowest BCUT2D eigenvalue weighted by atomic mass is 9.91. The van der Waals surface area contributed by atoms with E-state index in [0.717, 1.165) is 11.1 Å². The van der Waals surface area contributed by atoms with Crippen molar-refractivity contribution in [2.24, 2.45) is 0 Å². The Morgan fingerprint density at radius 2 is 1.86 bits per heavy atom. The summed E-state index contributed by atoms with van der Waals surface area (Å²) in [6, 6.07) is 5.97. The first-order valence-electron chi connectivity index (χ1n) is 6.91. The number of nitrogens with zero attached hydrogens (tertiary/aromatic N) is 1. The van der Waals surface area contributed by atoms with E-state index in [4.69, 9.17) is 9.15 Å². The number of esters is 1. The average Bonchev–Trinajstić information content (AvgIpc) is 2.86. The molecule has 0 unspecified atom stereocenters. The van der Waals surface area contributed by atoms with E-state index in [1.165, 1.54) is 12.7 Å². The Labute approximate surface area is 125 Å². The van der Waals surface area contributed by atoms with Gasteiger partial charge in [0.25, 0.3) is 0 Å². The Morgan fingerprint density at radius 3 is 2.38 bits per heavy atom. The van der Waals surface area contributed by atoms with Crippen molar-refractivity contribution in [2.45, 2.75) is 40.0 Å². The average molecular weight is 287 g/mol. The van der Waals surface area contributed by atoms with E-state index in [0.29, 0.717) is 11.6 Å². The van der Waals surface area contributed by atoms with E-state index in [-0.39, 0.29) is 11.2 Å². The van der Waals surface area contributed by atoms with Crippen LogP contribution in [0.25, 0.3) is 11.5 Å². The van der Waals surface area contributed by atoms with E-state index in [2.05, 4.69) is 11.9 Å². The number of carbonyl (C=O) groups is 1. The number of benzene rings is 1. The van der Waals surface area contributed by atoms with Gasteiger partial charge in [-0.25, -0.2) is 9.78 Å². The fraction of sp³-hybridized carbons (Fsp3) is 0.412. The molecule has 2 rings (SSSR count). The molecular formula is C17H21NO3. The third kappa shape index (κ3) is 2.99. The van der Waals surface area contributed by atoms with Gasteiger partial charge in [-0.1, -0.05) is 26.8 Å². The zero-order valence-electron chi connectivity index (χ0n) is 13.4. The van der Waals surface area contributed by atoms with E-state index >= 15 is 0 Å². The third-order valence-electron chi connectivity index (χ3n) is 3.46. The summed E-state index contributed by atoms with van der Waals surface area (Å²) in [5.74, 6) is 0.129. The highest BCUT2D eigenvalue weighted by atomic mass is 16.5. The second-order valence-electron chi connectivity index (χ2n) is 6.24. The lowest BCUT2D eigenvalue weighted by molar-refractivity contribution is 0.0562. The van der Waals surface area contributed by atoms with Crippen LogP contribution in [0.3, 0.4) is 0 Å². The summed E-state index contributed by atoms with van der Waals surface area (Å²) in [6.45, 7) is 10.0. The first-order valence-corrected chi connectivity index (χ1v) is 6.91. The second-order valence-corrected chi connectivity index (χ2v) is 6.24. The maximum Gasteiger partial charge on any atom is 0.376 e. The van der Waals surface area contributed by atoms with Crippen molar-refractivity contribution in [3.63, 3.8) is 0 Å². The summed E-state index contributed by atoms with van der Waals surface area (Å²) in [7, 11) is 1.34. The number of hydrogen-bond acceptors (Lipinski definition) is 4. The molecule has 2 aromatic rings. The summed E-state index contributed by atoms with van der Waals surface area (Å²) in [5, 5.41) is 0. The molecule has 4 nitrogen and oxygen atoms in total. The van der Waals surface area contributed by atoms with Gasteiger partial charge in [0.05, 0.1) is 7.11 Å². The van der Waals surface area contributed by atoms with Crippen LogP contribution in [-0.4, -0.2) is 18.1 Å². The number of hydrogen-bond donors (Lipinski definition) is 0. The lowest BCUT2D eigenvalue weighted by Crippen LogP contribution is -2.17. The van der Waals surface area contributed by atoms with E-state index in [1.54, 1.807) is 0 Å². The zero-order chi connectivity index (χ0) is 15.8. The van der Waals surface area contributed by atoms with Crippen molar-refractivity contribution < 1.29 is 13.9 Å². The topological polar surface area (TPSA) is 52.3 Å². The van der Waals surface area contributed by atoms with Crippen LogP contribution in [0.15, 0.2) is 22.6 Å². The normalized spacial score (nSPS) is 11.5. The highest BCUT2D eigenvalue weighted by Crippen LogP contribution is 2.31. The Kier molecular flexibility index (Phi) is 3.90. The largest absolute Gasteiger partial charge is 0.463 e. The molecule has 112 valence electrons. The molecule has 4 heteroatoms. The van der Waals surface area contributed by atoms with Gasteiger partial charge in [-0.3, -0.25) is 0 Å². The van der Waals surface area contributed by atoms with Gasteiger partial charge in [0.1, 0.15) is 5.69 Å². The lowest BCUT2D eigenvalue weighted by Gasteiger charge is -2.15. The summed E-state index contributed by atoms with van der Waals surface area (Å²) in [4.78, 5) is 16.4. The molecule has 0 aliphatic rings. The molecule has 0 amide bonds. The third-order valence-corrected chi connectivity index (χ3v) is 3.46. The number of rotatable bonds is 2. The molecule has 0 aliphatic heterocycles. The molecule has 1 heterocycles. The number of oxazole rings is 1. The standard InChI is InChI=1S/C17H21NO3/c1-10-7-8-12(9-11(10)2)15-18-14(17(3,4)5)13(21-15)16(19)20-6/h7-9H,1-6H3. The minimum Gasteiger partial charge on any atom is -0.463 e. The van der Waals surface area contributed by atoms with Gasteiger partial charge in [-0.05, 0) is 37.1 Å². The van der Waals surface area contributed by atoms with Crippen LogP contribution in [0.1, 0.15) is 48.1 Å². The molecule has 0 aliphatic carbocycles. The number of ether oxygens (including phenoxy) is 1. The fourth-order valence-corrected chi connectivity index (χ4v) is 2.06. The molecule has 0 saturated heterocycles. The van der Waals surface area contributed by atoms with Crippen LogP contribution < -0.4 is 0 Å². The molecule has 0 atom stereocenters. The van der Waals surface area contributed by atoms with Crippen molar-refractivity contribution in [1.82, 2.24) is 4.98 Å². The first-order chi connectivity index (χ1) is 9.74. The van der Waals surface area contributed by atoms with Gasteiger partial charge in [0, 0.05) is 11.0 Å². The highest BCUT2D eigenvalue weighted by molar-refractivity contribution is 5.88. The number of carbonyl (C=O) groups excluding carboxylic acids is 1. The summed E-state index contributed by atoms with van der Waals surface area (Å²) in [5.41, 5.74) is 3.53. The summed E-state index contributed by atoms with van der Waals surface area (Å²) >= 11 is 0. The Hall–Kier alpha value is -2.10. The van der Waals surface area contributed by atoms with Crippen LogP contribution in [0.2, 0.25) is 0 Å². The van der Waals surface area contributed by atoms with E-state index < -0.39 is 5.97 Å². The molecule has 0 radical (unpaired) electrons. The maximum absolute atomic E-state index is 11.9. The predicted octanol–water partition coefficient (Wildman–Crippen LogP) is 4.04. The monoisotopic (exact) mass is 287 g/mol. The Morgan fingerprint density at radius 1 is 1.19 bits per heavy atom. The fourth-order valence-electron chi connectivity index (χ4n) is 2.06. The van der Waals surface area contributed by atoms with Crippen molar-refractivity contribution in [3.8, 4) is 11.5 Å². The van der Waals surface area contributed by atoms with Crippen molar-refractivity contribution in [1.29, 1.82) is 0 Å². The molecule has 0 N–H and O–H groups in total. The van der Waals surface area contributed by atoms with Crippen LogP contribution >= 0.6 is 0 Å². The van der Waals surface area contributed by atoms with E-state index in [1.807, 2.05) is 45.9 Å². The minimum absolute atomic E-state index is 0.179. The van der Waals surface area contributed by atoms with Gasteiger partial charge in [0.2, 0.25) is 11.7 Å². The van der Waals surface area contributed by atoms with Gasteiger partial charge >= 0.3 is 5.97 Å². The molecule has 0 spiro atoms. The zero-order valence-corrected chi connectivity index (χ0v) is 13.4. The predicted molar refractivity (Wildman–Crippen MR) is 81.5 cm³/mol. The number of aromatic nitrogens is 1. The minimum atomic E-state index is -0.498. The second kappa shape index (κ2) is 5.35. The molecule has 0 bridgehead atoms. The Bertz CT molecular complexity index is 678. The van der Waals surface area contributed by atoms with Crippen LogP contribution in [-0.2, 0) is 10.2 Å². The summed E-state index contributed by atoms with van der Waals surface area (Å²) < 4.78 is 10.5. The summed E-state index contributed by atoms with van der Waals surface area (Å²) in [6.07, 6.45) is 0. The van der Waals surface area contributed by atoms with Gasteiger partial charge < -0.3 is 9.15 Å². The Balaban J connectivity index is 2.58. The van der Waals surface area contributed by atoms with Crippen molar-refractivity contribution in [2.75, 3.05) is 7.11 Å². The highest BCUT2D eigenvalue weighted by Gasteiger charge is 2.29. The first kappa shape index (κ1) is 15.3. The van der Waals surface area contributed by atoms with Crippen molar-refractivity contribution in [3.05, 3.63) is 40.8 Å². The molecule has 0 saturated carbocycles. The van der Waals surface area contributed by atoms with Gasteiger partial charge in [-0.15, -0.1) is 0 Å². The smallest absolute Gasteiger partial charge is 0.376 e. The molecular weight excluding hydrogens is 266 g/mol. The molecule has 1 aromatic heterocycles. The van der Waals surface area contributed by atoms with Crippen LogP contribution in [0.5, 0.6) is 0 Å². The number of methoxy groups -OCH3 is 1. The maximum atomic E-state index is 11.9. The van der Waals surface area contributed by atoms with Crippen LogP contribution in [0, 0.1) is 13.8 Å². The molecule has 0 fully saturated rings. The quantitative estimate of drug-likeness (QED) is 0.782. The van der Waals surface area contributed by atoms with Gasteiger partial charge in [-0.2, -0.15) is 0 Å². The number of aryl methyl sites for hydroxylation is 2. The SMILES string of the molecule is COC(=O)c1oc(-c2ccc(C)c(C)c2)nc1C(C)(C)C. The molecule has 21 heavy (non-hydrogen) atoms. The van der Waals surface area contributed by atoms with Crippen molar-refractivity contribution >= 4 is 5.97 Å². The van der Waals surface area contributed by atoms with Crippen LogP contribution in [0.4, 0.5) is 0 Å². The van der Waals surface area contributed by atoms with Gasteiger partial charge in [0.15, 0.2) is 0 Å². The molecule has 1 aromatic carbocycles. The van der Waals surface area contributed by atoms with E-state index in [9.17, 15) is 4.79 Å².